The fourth-order valence-corrected chi connectivity index (χ4v) is 1.01. The molecule has 84 valence electrons. The second-order valence-corrected chi connectivity index (χ2v) is 4.18. The van der Waals surface area contributed by atoms with Crippen LogP contribution in [0.2, 0.25) is 0 Å². The van der Waals surface area contributed by atoms with Crippen LogP contribution in [0.3, 0.4) is 0 Å². The zero-order valence-electron chi connectivity index (χ0n) is 8.95. The molecule has 0 spiro atoms. The van der Waals surface area contributed by atoms with Crippen molar-refractivity contribution in [1.82, 2.24) is 4.57 Å². The Hall–Kier alpha value is -1.36. The van der Waals surface area contributed by atoms with E-state index in [0.717, 1.165) is 10.8 Å². The molecule has 0 aliphatic rings. The molecule has 0 aliphatic heterocycles. The molecule has 0 unspecified atom stereocenters. The molecule has 0 amide bonds. The van der Waals surface area contributed by atoms with Gasteiger partial charge in [-0.25, -0.2) is 9.18 Å². The SMILES string of the molecule is CC(C)(C)OC(=O)n1cc(F)c(CO)c1. The topological polar surface area (TPSA) is 51.5 Å². The number of aliphatic hydroxyl groups excluding tert-OH is 1. The number of nitrogens with zero attached hydrogens (tertiary/aromatic N) is 1. The highest BCUT2D eigenvalue weighted by Crippen LogP contribution is 2.12. The minimum atomic E-state index is -0.666. The van der Waals surface area contributed by atoms with Gasteiger partial charge >= 0.3 is 6.09 Å². The highest BCUT2D eigenvalue weighted by Gasteiger charge is 2.19. The summed E-state index contributed by atoms with van der Waals surface area (Å²) in [7, 11) is 0. The Balaban J connectivity index is 2.83. The van der Waals surface area contributed by atoms with Gasteiger partial charge in [0, 0.05) is 11.8 Å². The monoisotopic (exact) mass is 215 g/mol. The smallest absolute Gasteiger partial charge is 0.418 e. The van der Waals surface area contributed by atoms with Crippen molar-refractivity contribution < 1.29 is 19.0 Å². The summed E-state index contributed by atoms with van der Waals surface area (Å²) in [6.07, 6.45) is 1.53. The van der Waals surface area contributed by atoms with E-state index in [1.54, 1.807) is 20.8 Å². The molecule has 0 aliphatic carbocycles. The van der Waals surface area contributed by atoms with E-state index in [4.69, 9.17) is 9.84 Å². The third-order valence-electron chi connectivity index (χ3n) is 1.63. The molecule has 1 aromatic rings. The molecular formula is C10H14FNO3. The van der Waals surface area contributed by atoms with Crippen molar-refractivity contribution >= 4 is 6.09 Å². The first-order valence-electron chi connectivity index (χ1n) is 4.54. The Kier molecular flexibility index (Phi) is 3.14. The van der Waals surface area contributed by atoms with Crippen LogP contribution in [0.25, 0.3) is 0 Å². The fraction of sp³-hybridized carbons (Fsp3) is 0.500. The average Bonchev–Trinajstić information content (AvgIpc) is 2.43. The van der Waals surface area contributed by atoms with Crippen molar-refractivity contribution in [3.05, 3.63) is 23.8 Å². The van der Waals surface area contributed by atoms with Gasteiger partial charge < -0.3 is 9.84 Å². The number of rotatable bonds is 1. The summed E-state index contributed by atoms with van der Waals surface area (Å²) in [4.78, 5) is 11.4. The van der Waals surface area contributed by atoms with Crippen LogP contribution in [-0.4, -0.2) is 21.4 Å². The third-order valence-corrected chi connectivity index (χ3v) is 1.63. The Morgan fingerprint density at radius 3 is 2.53 bits per heavy atom. The molecule has 0 saturated carbocycles. The Morgan fingerprint density at radius 2 is 2.13 bits per heavy atom. The molecule has 0 radical (unpaired) electrons. The van der Waals surface area contributed by atoms with Crippen molar-refractivity contribution in [2.24, 2.45) is 0 Å². The first-order valence-corrected chi connectivity index (χ1v) is 4.54. The average molecular weight is 215 g/mol. The Labute approximate surface area is 87.3 Å². The summed E-state index contributed by atoms with van der Waals surface area (Å²) in [6, 6.07) is 0. The zero-order chi connectivity index (χ0) is 11.6. The first kappa shape index (κ1) is 11.7. The minimum Gasteiger partial charge on any atom is -0.443 e. The van der Waals surface area contributed by atoms with Gasteiger partial charge in [-0.05, 0) is 20.8 Å². The largest absolute Gasteiger partial charge is 0.443 e. The molecular weight excluding hydrogens is 201 g/mol. The van der Waals surface area contributed by atoms with Crippen molar-refractivity contribution in [2.75, 3.05) is 0 Å². The molecule has 1 aromatic heterocycles. The van der Waals surface area contributed by atoms with Crippen molar-refractivity contribution in [3.63, 3.8) is 0 Å². The predicted molar refractivity (Wildman–Crippen MR) is 51.9 cm³/mol. The van der Waals surface area contributed by atoms with Gasteiger partial charge in [-0.1, -0.05) is 0 Å². The van der Waals surface area contributed by atoms with Crippen molar-refractivity contribution in [2.45, 2.75) is 33.0 Å². The fourth-order valence-electron chi connectivity index (χ4n) is 1.01. The quantitative estimate of drug-likeness (QED) is 0.778. The van der Waals surface area contributed by atoms with E-state index in [1.165, 1.54) is 6.20 Å². The molecule has 1 rings (SSSR count). The van der Waals surface area contributed by atoms with E-state index in [9.17, 15) is 9.18 Å². The standard InChI is InChI=1S/C10H14FNO3/c1-10(2,3)15-9(14)12-4-7(6-13)8(11)5-12/h4-5,13H,6H2,1-3H3. The molecule has 0 fully saturated rings. The maximum absolute atomic E-state index is 13.0. The number of ether oxygens (including phenoxy) is 1. The summed E-state index contributed by atoms with van der Waals surface area (Å²) >= 11 is 0. The van der Waals surface area contributed by atoms with Gasteiger partial charge in [0.15, 0.2) is 0 Å². The van der Waals surface area contributed by atoms with E-state index in [0.29, 0.717) is 0 Å². The van der Waals surface area contributed by atoms with Crippen LogP contribution in [0.4, 0.5) is 9.18 Å². The maximum atomic E-state index is 13.0. The van der Waals surface area contributed by atoms with Gasteiger partial charge in [0.05, 0.1) is 12.8 Å². The second kappa shape index (κ2) is 4.02. The zero-order valence-corrected chi connectivity index (χ0v) is 8.95. The van der Waals surface area contributed by atoms with E-state index >= 15 is 0 Å². The molecule has 0 bridgehead atoms. The van der Waals surface area contributed by atoms with Crippen LogP contribution in [0.1, 0.15) is 26.3 Å². The molecule has 5 heteroatoms. The van der Waals surface area contributed by atoms with Crippen LogP contribution in [0.5, 0.6) is 0 Å². The summed E-state index contributed by atoms with van der Waals surface area (Å²) in [5.41, 5.74) is -0.558. The number of carbonyl (C=O) groups is 1. The minimum absolute atomic E-state index is 0.0702. The van der Waals surface area contributed by atoms with E-state index in [2.05, 4.69) is 0 Å². The van der Waals surface area contributed by atoms with Gasteiger partial charge in [0.25, 0.3) is 0 Å². The predicted octanol–water partition coefficient (Wildman–Crippen LogP) is 1.90. The van der Waals surface area contributed by atoms with Crippen LogP contribution >= 0.6 is 0 Å². The van der Waals surface area contributed by atoms with Crippen LogP contribution in [-0.2, 0) is 11.3 Å². The second-order valence-electron chi connectivity index (χ2n) is 4.18. The lowest BCUT2D eigenvalue weighted by atomic mass is 10.2. The summed E-state index contributed by atoms with van der Waals surface area (Å²) in [5, 5.41) is 8.74. The molecule has 15 heavy (non-hydrogen) atoms. The van der Waals surface area contributed by atoms with E-state index in [-0.39, 0.29) is 5.56 Å². The molecule has 1 heterocycles. The third kappa shape index (κ3) is 3.06. The van der Waals surface area contributed by atoms with Crippen molar-refractivity contribution in [3.8, 4) is 0 Å². The number of carbonyl (C=O) groups excluding carboxylic acids is 1. The lowest BCUT2D eigenvalue weighted by molar-refractivity contribution is 0.0536. The normalized spacial score (nSPS) is 11.5. The molecule has 0 aromatic carbocycles. The number of hydrogen-bond donors (Lipinski definition) is 1. The van der Waals surface area contributed by atoms with E-state index in [1.807, 2.05) is 0 Å². The first-order chi connectivity index (χ1) is 6.83. The van der Waals surface area contributed by atoms with Crippen molar-refractivity contribution in [1.29, 1.82) is 0 Å². The Bertz CT molecular complexity index is 365. The number of aliphatic hydroxyl groups is 1. The summed E-state index contributed by atoms with van der Waals surface area (Å²) in [6.45, 7) is 4.72. The summed E-state index contributed by atoms with van der Waals surface area (Å²) < 4.78 is 19.0. The van der Waals surface area contributed by atoms with E-state index < -0.39 is 24.1 Å². The van der Waals surface area contributed by atoms with Gasteiger partial charge in [0.2, 0.25) is 0 Å². The molecule has 4 nitrogen and oxygen atoms in total. The lowest BCUT2D eigenvalue weighted by Gasteiger charge is -2.19. The highest BCUT2D eigenvalue weighted by atomic mass is 19.1. The van der Waals surface area contributed by atoms with Gasteiger partial charge in [0.1, 0.15) is 11.4 Å². The number of hydrogen-bond acceptors (Lipinski definition) is 3. The Morgan fingerprint density at radius 1 is 1.53 bits per heavy atom. The number of halogens is 1. The molecule has 1 N–H and O–H groups in total. The van der Waals surface area contributed by atoms with Gasteiger partial charge in [-0.2, -0.15) is 0 Å². The van der Waals surface area contributed by atoms with Gasteiger partial charge in [-0.3, -0.25) is 4.57 Å². The lowest BCUT2D eigenvalue weighted by Crippen LogP contribution is -2.26. The number of aromatic nitrogens is 1. The maximum Gasteiger partial charge on any atom is 0.418 e. The summed E-state index contributed by atoms with van der Waals surface area (Å²) in [5.74, 6) is -0.622. The van der Waals surface area contributed by atoms with Crippen LogP contribution < -0.4 is 0 Å². The molecule has 0 atom stereocenters. The molecule has 0 saturated heterocycles. The van der Waals surface area contributed by atoms with Crippen LogP contribution in [0, 0.1) is 5.82 Å². The highest BCUT2D eigenvalue weighted by molar-refractivity contribution is 5.71. The van der Waals surface area contributed by atoms with Crippen LogP contribution in [0.15, 0.2) is 12.4 Å². The van der Waals surface area contributed by atoms with Gasteiger partial charge in [-0.15, -0.1) is 0 Å².